The molecule has 0 saturated heterocycles. The van der Waals surface area contributed by atoms with Crippen molar-refractivity contribution in [1.82, 2.24) is 0 Å². The van der Waals surface area contributed by atoms with Crippen molar-refractivity contribution in [2.45, 2.75) is 64.8 Å². The molecule has 7 heteroatoms. The number of hydrogen-bond donors (Lipinski definition) is 1. The van der Waals surface area contributed by atoms with Gasteiger partial charge in [-0.05, 0) is 52.3 Å². The average Bonchev–Trinajstić information content (AvgIpc) is 2.58. The van der Waals surface area contributed by atoms with Crippen molar-refractivity contribution in [3.63, 3.8) is 0 Å². The molecule has 2 rings (SSSR count). The van der Waals surface area contributed by atoms with Gasteiger partial charge in [0.2, 0.25) is 0 Å². The fourth-order valence-electron chi connectivity index (χ4n) is 4.02. The Morgan fingerprint density at radius 2 is 1.53 bits per heavy atom. The van der Waals surface area contributed by atoms with E-state index in [1.54, 1.807) is 39.8 Å². The van der Waals surface area contributed by atoms with Gasteiger partial charge in [0.05, 0.1) is 23.7 Å². The molecule has 1 saturated carbocycles. The Bertz CT molecular complexity index is 773. The van der Waals surface area contributed by atoms with Crippen molar-refractivity contribution in [1.29, 1.82) is 0 Å². The summed E-state index contributed by atoms with van der Waals surface area (Å²) < 4.78 is 10.8. The number of benzene rings is 1. The fraction of sp³-hybridized carbons (Fsp3) is 0.609. The highest BCUT2D eigenvalue weighted by atomic mass is 16.5. The molecule has 0 heterocycles. The second-order valence-electron chi connectivity index (χ2n) is 8.94. The summed E-state index contributed by atoms with van der Waals surface area (Å²) in [4.78, 5) is 40.8. The molecule has 1 aliphatic carbocycles. The summed E-state index contributed by atoms with van der Waals surface area (Å²) in [6.45, 7) is 8.28. The molecule has 7 nitrogen and oxygen atoms in total. The molecule has 0 aliphatic heterocycles. The third-order valence-corrected chi connectivity index (χ3v) is 5.27. The highest BCUT2D eigenvalue weighted by molar-refractivity contribution is 6.02. The number of ether oxygens (including phenoxy) is 2. The van der Waals surface area contributed by atoms with E-state index < -0.39 is 53.3 Å². The summed E-state index contributed by atoms with van der Waals surface area (Å²) in [6, 6.07) is 7.25. The molecule has 0 spiro atoms. The first-order valence-corrected chi connectivity index (χ1v) is 10.3. The number of carbonyl (C=O) groups is 3. The van der Waals surface area contributed by atoms with Crippen LogP contribution in [0.1, 0.15) is 52.5 Å². The van der Waals surface area contributed by atoms with E-state index in [2.05, 4.69) is 0 Å². The minimum Gasteiger partial charge on any atom is -0.463 e. The van der Waals surface area contributed by atoms with Crippen molar-refractivity contribution in [3.05, 3.63) is 29.8 Å². The minimum absolute atomic E-state index is 0.324. The van der Waals surface area contributed by atoms with Crippen LogP contribution in [-0.4, -0.2) is 54.7 Å². The lowest BCUT2D eigenvalue weighted by Crippen LogP contribution is -2.55. The van der Waals surface area contributed by atoms with Crippen LogP contribution in [0.3, 0.4) is 0 Å². The Labute approximate surface area is 178 Å². The lowest BCUT2D eigenvalue weighted by atomic mass is 9.61. The van der Waals surface area contributed by atoms with E-state index in [1.807, 2.05) is 31.1 Å². The molecule has 4 atom stereocenters. The molecule has 0 aromatic heterocycles. The number of esters is 2. The topological polar surface area (TPSA) is 93.1 Å². The van der Waals surface area contributed by atoms with E-state index in [4.69, 9.17) is 9.47 Å². The van der Waals surface area contributed by atoms with E-state index in [-0.39, 0.29) is 6.42 Å². The van der Waals surface area contributed by atoms with Gasteiger partial charge in [-0.1, -0.05) is 12.1 Å². The Morgan fingerprint density at radius 3 is 2.00 bits per heavy atom. The smallest absolute Gasteiger partial charge is 0.317 e. The summed E-state index contributed by atoms with van der Waals surface area (Å²) >= 11 is 0. The Morgan fingerprint density at radius 1 is 1.03 bits per heavy atom. The van der Waals surface area contributed by atoms with E-state index >= 15 is 0 Å². The van der Waals surface area contributed by atoms with Crippen molar-refractivity contribution in [2.75, 3.05) is 19.0 Å². The quantitative estimate of drug-likeness (QED) is 0.560. The standard InChI is InChI=1S/C23H33NO6/c1-13(2)29-21(26)19-17(25)12-23(5,28)20(22(27)30-14(3)4)18(19)15-8-10-16(11-9-15)24(6)7/h8-11,13-14,18-20,28H,12H2,1-7H3/t18-,19+,20-,23+/m1/s1. The van der Waals surface area contributed by atoms with Gasteiger partial charge in [-0.25, -0.2) is 0 Å². The number of carbonyl (C=O) groups excluding carboxylic acids is 3. The van der Waals surface area contributed by atoms with E-state index in [1.165, 1.54) is 6.92 Å². The molecule has 1 N–H and O–H groups in total. The number of rotatable bonds is 6. The van der Waals surface area contributed by atoms with Gasteiger partial charge in [0.1, 0.15) is 5.92 Å². The second kappa shape index (κ2) is 9.16. The molecule has 30 heavy (non-hydrogen) atoms. The summed E-state index contributed by atoms with van der Waals surface area (Å²) in [5.41, 5.74) is -0.122. The Kier molecular flexibility index (Phi) is 7.29. The summed E-state index contributed by atoms with van der Waals surface area (Å²) in [6.07, 6.45) is -1.14. The van der Waals surface area contributed by atoms with Gasteiger partial charge in [0.25, 0.3) is 0 Å². The number of anilines is 1. The average molecular weight is 420 g/mol. The molecule has 0 bridgehead atoms. The molecule has 1 aliphatic rings. The van der Waals surface area contributed by atoms with Gasteiger partial charge in [-0.15, -0.1) is 0 Å². The van der Waals surface area contributed by atoms with Crippen LogP contribution in [0.25, 0.3) is 0 Å². The first-order valence-electron chi connectivity index (χ1n) is 10.3. The predicted molar refractivity (Wildman–Crippen MR) is 113 cm³/mol. The van der Waals surface area contributed by atoms with Crippen LogP contribution in [0.4, 0.5) is 5.69 Å². The number of Topliss-reactive ketones (excluding diaryl/α,β-unsaturated/α-hetero) is 1. The van der Waals surface area contributed by atoms with Crippen LogP contribution in [0.5, 0.6) is 0 Å². The highest BCUT2D eigenvalue weighted by Crippen LogP contribution is 2.47. The largest absolute Gasteiger partial charge is 0.463 e. The van der Waals surface area contributed by atoms with Crippen molar-refractivity contribution >= 4 is 23.4 Å². The molecular formula is C23H33NO6. The fourth-order valence-corrected chi connectivity index (χ4v) is 4.02. The van der Waals surface area contributed by atoms with Crippen molar-refractivity contribution in [3.8, 4) is 0 Å². The zero-order valence-electron chi connectivity index (χ0n) is 18.8. The third-order valence-electron chi connectivity index (χ3n) is 5.27. The highest BCUT2D eigenvalue weighted by Gasteiger charge is 2.57. The maximum atomic E-state index is 13.0. The molecular weight excluding hydrogens is 386 g/mol. The zero-order valence-corrected chi connectivity index (χ0v) is 18.8. The van der Waals surface area contributed by atoms with Crippen LogP contribution in [-0.2, 0) is 23.9 Å². The van der Waals surface area contributed by atoms with Gasteiger partial charge in [-0.2, -0.15) is 0 Å². The van der Waals surface area contributed by atoms with Crippen LogP contribution in [0, 0.1) is 11.8 Å². The molecule has 1 aromatic carbocycles. The number of hydrogen-bond acceptors (Lipinski definition) is 7. The molecule has 0 amide bonds. The van der Waals surface area contributed by atoms with Gasteiger partial charge < -0.3 is 19.5 Å². The Hall–Kier alpha value is -2.41. The lowest BCUT2D eigenvalue weighted by molar-refractivity contribution is -0.176. The minimum atomic E-state index is -1.65. The van der Waals surface area contributed by atoms with Crippen LogP contribution < -0.4 is 4.90 Å². The van der Waals surface area contributed by atoms with Crippen molar-refractivity contribution in [2.24, 2.45) is 11.8 Å². The lowest BCUT2D eigenvalue weighted by Gasteiger charge is -2.44. The number of ketones is 1. The predicted octanol–water partition coefficient (Wildman–Crippen LogP) is 2.70. The van der Waals surface area contributed by atoms with E-state index in [9.17, 15) is 19.5 Å². The van der Waals surface area contributed by atoms with E-state index in [0.717, 1.165) is 5.69 Å². The van der Waals surface area contributed by atoms with Gasteiger partial charge in [0.15, 0.2) is 5.78 Å². The summed E-state index contributed by atoms with van der Waals surface area (Å²) in [5.74, 6) is -4.94. The normalized spacial score (nSPS) is 26.6. The summed E-state index contributed by atoms with van der Waals surface area (Å²) in [7, 11) is 3.80. The van der Waals surface area contributed by atoms with Crippen LogP contribution in [0.15, 0.2) is 24.3 Å². The molecule has 0 radical (unpaired) electrons. The van der Waals surface area contributed by atoms with Gasteiger partial charge >= 0.3 is 11.9 Å². The molecule has 0 unspecified atom stereocenters. The molecule has 1 fully saturated rings. The van der Waals surface area contributed by atoms with Gasteiger partial charge in [0, 0.05) is 32.1 Å². The Balaban J connectivity index is 2.61. The monoisotopic (exact) mass is 419 g/mol. The van der Waals surface area contributed by atoms with Crippen LogP contribution in [0.2, 0.25) is 0 Å². The molecule has 166 valence electrons. The third kappa shape index (κ3) is 5.19. The molecule has 1 aromatic rings. The van der Waals surface area contributed by atoms with E-state index in [0.29, 0.717) is 5.56 Å². The first-order chi connectivity index (χ1) is 13.8. The zero-order chi connectivity index (χ0) is 22.8. The summed E-state index contributed by atoms with van der Waals surface area (Å²) in [5, 5.41) is 11.1. The number of aliphatic hydroxyl groups is 1. The maximum Gasteiger partial charge on any atom is 0.317 e. The first kappa shape index (κ1) is 23.9. The maximum absolute atomic E-state index is 13.0. The van der Waals surface area contributed by atoms with Crippen molar-refractivity contribution < 1.29 is 29.0 Å². The van der Waals surface area contributed by atoms with Gasteiger partial charge in [-0.3, -0.25) is 14.4 Å². The SMILES string of the molecule is CC(C)OC(=O)[C@H]1C(=O)C[C@](C)(O)[C@@H](C(=O)OC(C)C)[C@@H]1c1ccc(N(C)C)cc1. The number of nitrogens with zero attached hydrogens (tertiary/aromatic N) is 1. The van der Waals surface area contributed by atoms with Crippen LogP contribution >= 0.6 is 0 Å². The second-order valence-corrected chi connectivity index (χ2v) is 8.94.